The molecule has 0 unspecified atom stereocenters. The Morgan fingerprint density at radius 1 is 1.11 bits per heavy atom. The highest BCUT2D eigenvalue weighted by molar-refractivity contribution is 5.95. The normalized spacial score (nSPS) is 22.6. The van der Waals surface area contributed by atoms with Crippen molar-refractivity contribution in [3.8, 4) is 5.75 Å². The molecule has 0 saturated carbocycles. The van der Waals surface area contributed by atoms with Gasteiger partial charge in [0, 0.05) is 48.4 Å². The zero-order valence-electron chi connectivity index (χ0n) is 24.1. The van der Waals surface area contributed by atoms with Crippen molar-refractivity contribution in [3.63, 3.8) is 0 Å². The highest BCUT2D eigenvalue weighted by Gasteiger charge is 2.48. The predicted molar refractivity (Wildman–Crippen MR) is 153 cm³/mol. The van der Waals surface area contributed by atoms with Gasteiger partial charge < -0.3 is 14.4 Å². The first-order valence-corrected chi connectivity index (χ1v) is 14.0. The van der Waals surface area contributed by atoms with E-state index in [1.807, 2.05) is 33.9 Å². The maximum absolute atomic E-state index is 13.1. The Morgan fingerprint density at radius 2 is 1.84 bits per heavy atom. The van der Waals surface area contributed by atoms with Crippen LogP contribution in [0.3, 0.4) is 0 Å². The summed E-state index contributed by atoms with van der Waals surface area (Å²) in [6, 6.07) is 13.9. The zero-order chi connectivity index (χ0) is 27.2. The van der Waals surface area contributed by atoms with E-state index < -0.39 is 5.60 Å². The molecule has 3 heterocycles. The van der Waals surface area contributed by atoms with E-state index in [2.05, 4.69) is 60.0 Å². The molecular formula is C32H43N3O3. The largest absolute Gasteiger partial charge is 0.496 e. The molecule has 0 radical (unpaired) electrons. The van der Waals surface area contributed by atoms with Gasteiger partial charge in [0.15, 0.2) is 0 Å². The first-order chi connectivity index (χ1) is 18.1. The molecule has 2 saturated heterocycles. The van der Waals surface area contributed by atoms with E-state index in [0.29, 0.717) is 6.04 Å². The fourth-order valence-corrected chi connectivity index (χ4v) is 6.74. The van der Waals surface area contributed by atoms with Crippen LogP contribution in [-0.2, 0) is 16.8 Å². The quantitative estimate of drug-likeness (QED) is 0.380. The van der Waals surface area contributed by atoms with Crippen molar-refractivity contribution in [2.75, 3.05) is 26.7 Å². The number of carbonyl (C=O) groups excluding carboxylic acids is 1. The Bertz CT molecular complexity index is 1320. The molecule has 38 heavy (non-hydrogen) atoms. The van der Waals surface area contributed by atoms with Crippen LogP contribution in [0.2, 0.25) is 0 Å². The van der Waals surface area contributed by atoms with Gasteiger partial charge in [-0.15, -0.1) is 0 Å². The van der Waals surface area contributed by atoms with Crippen molar-refractivity contribution in [2.24, 2.45) is 0 Å². The zero-order valence-corrected chi connectivity index (χ0v) is 24.1. The third-order valence-electron chi connectivity index (χ3n) is 8.62. The number of likely N-dealkylation sites (tertiary alicyclic amines) is 2. The average Bonchev–Trinajstić information content (AvgIpc) is 3.33. The summed E-state index contributed by atoms with van der Waals surface area (Å²) in [6.07, 6.45) is 4.90. The van der Waals surface area contributed by atoms with E-state index in [9.17, 15) is 4.79 Å². The molecular weight excluding hydrogens is 474 g/mol. The summed E-state index contributed by atoms with van der Waals surface area (Å²) in [5, 5.41) is 1.06. The van der Waals surface area contributed by atoms with E-state index in [4.69, 9.17) is 9.47 Å². The molecule has 204 valence electrons. The average molecular weight is 518 g/mol. The number of carbonyl (C=O) groups is 1. The van der Waals surface area contributed by atoms with Crippen LogP contribution >= 0.6 is 0 Å². The lowest BCUT2D eigenvalue weighted by molar-refractivity contribution is -0.0585. The third-order valence-corrected chi connectivity index (χ3v) is 8.62. The first-order valence-electron chi connectivity index (χ1n) is 14.0. The number of nitrogens with zero attached hydrogens (tertiary/aromatic N) is 3. The topological polar surface area (TPSA) is 46.9 Å². The lowest BCUT2D eigenvalue weighted by Gasteiger charge is -2.56. The Morgan fingerprint density at radius 3 is 2.50 bits per heavy atom. The van der Waals surface area contributed by atoms with Gasteiger partial charge in [-0.25, -0.2) is 4.79 Å². The molecule has 2 aromatic carbocycles. The lowest BCUT2D eigenvalue weighted by Crippen LogP contribution is -2.61. The van der Waals surface area contributed by atoms with Crippen molar-refractivity contribution in [2.45, 2.75) is 84.5 Å². The molecule has 6 heteroatoms. The smallest absolute Gasteiger partial charge is 0.419 e. The predicted octanol–water partition coefficient (Wildman–Crippen LogP) is 6.64. The van der Waals surface area contributed by atoms with Gasteiger partial charge in [0.25, 0.3) is 0 Å². The Labute approximate surface area is 227 Å². The van der Waals surface area contributed by atoms with E-state index in [-0.39, 0.29) is 11.6 Å². The number of rotatable bonds is 5. The first kappa shape index (κ1) is 26.8. The van der Waals surface area contributed by atoms with Crippen LogP contribution in [0.15, 0.2) is 42.6 Å². The standard InChI is InChI=1S/C32H43N3O3/c1-8-33-18-15-32(24-11-9-22(2)10-12-24)20-25(33)13-16-34(32)21-27-26-14-17-35(30(36)38-31(4,5)6)29(26)23(3)19-28(27)37-7/h9-12,14,17,19,25H,8,13,15-16,18,20-21H2,1-7H3/t25-,32-/m1/s1. The van der Waals surface area contributed by atoms with Gasteiger partial charge in [-0.05, 0) is 83.7 Å². The van der Waals surface area contributed by atoms with E-state index >= 15 is 0 Å². The molecule has 6 nitrogen and oxygen atoms in total. The fraction of sp³-hybridized carbons (Fsp3) is 0.531. The summed E-state index contributed by atoms with van der Waals surface area (Å²) in [6.45, 7) is 16.2. The number of ether oxygens (including phenoxy) is 2. The van der Waals surface area contributed by atoms with Gasteiger partial charge in [-0.2, -0.15) is 0 Å². The van der Waals surface area contributed by atoms with Crippen LogP contribution in [0.5, 0.6) is 5.75 Å². The maximum atomic E-state index is 13.1. The molecule has 0 aliphatic carbocycles. The van der Waals surface area contributed by atoms with Crippen LogP contribution in [-0.4, -0.2) is 58.8 Å². The van der Waals surface area contributed by atoms with Crippen LogP contribution < -0.4 is 4.74 Å². The summed E-state index contributed by atoms with van der Waals surface area (Å²) in [5.74, 6) is 0.879. The number of hydrogen-bond acceptors (Lipinski definition) is 5. The number of benzene rings is 2. The third kappa shape index (κ3) is 4.73. The number of methoxy groups -OCH3 is 1. The molecule has 2 fully saturated rings. The Balaban J connectivity index is 1.58. The second kappa shape index (κ2) is 10.0. The summed E-state index contributed by atoms with van der Waals surface area (Å²) < 4.78 is 13.3. The number of hydrogen-bond donors (Lipinski definition) is 0. The van der Waals surface area contributed by atoms with Crippen molar-refractivity contribution >= 4 is 17.0 Å². The molecule has 0 N–H and O–H groups in total. The highest BCUT2D eigenvalue weighted by Crippen LogP contribution is 2.47. The minimum absolute atomic E-state index is 0.0156. The molecule has 3 aromatic rings. The van der Waals surface area contributed by atoms with Crippen LogP contribution in [0.4, 0.5) is 4.79 Å². The van der Waals surface area contributed by atoms with Crippen molar-refractivity contribution in [1.82, 2.24) is 14.4 Å². The van der Waals surface area contributed by atoms with Crippen molar-refractivity contribution in [1.29, 1.82) is 0 Å². The second-order valence-corrected chi connectivity index (χ2v) is 12.1. The summed E-state index contributed by atoms with van der Waals surface area (Å²) in [7, 11) is 1.75. The SMILES string of the molecule is CCN1CC[C@]2(c3ccc(C)cc3)C[C@H]1CCN2Cc1c(OC)cc(C)c2c1ccn2C(=O)OC(C)(C)C. The van der Waals surface area contributed by atoms with Crippen LogP contribution in [0.25, 0.3) is 10.9 Å². The number of aryl methyl sites for hydroxylation is 2. The molecule has 2 atom stereocenters. The van der Waals surface area contributed by atoms with Crippen molar-refractivity contribution in [3.05, 3.63) is 64.8 Å². The van der Waals surface area contributed by atoms with Gasteiger partial charge in [-0.1, -0.05) is 36.8 Å². The van der Waals surface area contributed by atoms with Crippen LogP contribution in [0.1, 0.15) is 69.2 Å². The molecule has 0 spiro atoms. The van der Waals surface area contributed by atoms with Gasteiger partial charge in [0.05, 0.1) is 12.6 Å². The summed E-state index contributed by atoms with van der Waals surface area (Å²) in [5.41, 5.74) is 5.17. The summed E-state index contributed by atoms with van der Waals surface area (Å²) >= 11 is 0. The minimum Gasteiger partial charge on any atom is -0.496 e. The highest BCUT2D eigenvalue weighted by atomic mass is 16.6. The van der Waals surface area contributed by atoms with Gasteiger partial charge >= 0.3 is 6.09 Å². The molecule has 0 amide bonds. The number of piperidine rings is 2. The Kier molecular flexibility index (Phi) is 7.08. The lowest BCUT2D eigenvalue weighted by atomic mass is 9.72. The second-order valence-electron chi connectivity index (χ2n) is 12.1. The van der Waals surface area contributed by atoms with Gasteiger partial charge in [0.2, 0.25) is 0 Å². The van der Waals surface area contributed by atoms with Crippen LogP contribution in [0, 0.1) is 13.8 Å². The van der Waals surface area contributed by atoms with Gasteiger partial charge in [-0.3, -0.25) is 9.47 Å². The van der Waals surface area contributed by atoms with Gasteiger partial charge in [0.1, 0.15) is 11.4 Å². The fourth-order valence-electron chi connectivity index (χ4n) is 6.74. The molecule has 1 aromatic heterocycles. The number of fused-ring (bicyclic) bond motifs is 3. The van der Waals surface area contributed by atoms with E-state index in [1.165, 1.54) is 11.1 Å². The molecule has 5 rings (SSSR count). The van der Waals surface area contributed by atoms with Crippen molar-refractivity contribution < 1.29 is 14.3 Å². The molecule has 2 aliphatic rings. The Hall–Kier alpha value is -2.83. The van der Waals surface area contributed by atoms with E-state index in [0.717, 1.165) is 73.2 Å². The summed E-state index contributed by atoms with van der Waals surface area (Å²) in [4.78, 5) is 18.5. The van der Waals surface area contributed by atoms with E-state index in [1.54, 1.807) is 11.7 Å². The molecule has 2 bridgehead atoms. The maximum Gasteiger partial charge on any atom is 0.419 e. The number of aromatic nitrogens is 1. The minimum atomic E-state index is -0.561. The molecule has 2 aliphatic heterocycles. The monoisotopic (exact) mass is 517 g/mol.